The smallest absolute Gasteiger partial charge is 0.202 e. The molecule has 0 aliphatic heterocycles. The first-order valence-corrected chi connectivity index (χ1v) is 5.02. The van der Waals surface area contributed by atoms with Crippen LogP contribution >= 0.6 is 0 Å². The third kappa shape index (κ3) is 2.37. The summed E-state index contributed by atoms with van der Waals surface area (Å²) in [5.41, 5.74) is 2.56. The fourth-order valence-corrected chi connectivity index (χ4v) is 1.54. The van der Waals surface area contributed by atoms with Crippen LogP contribution in [0.1, 0.15) is 11.1 Å². The largest absolute Gasteiger partial charge is 0.352 e. The molecule has 1 heterocycles. The molecule has 0 bridgehead atoms. The highest BCUT2D eigenvalue weighted by molar-refractivity contribution is 5.30. The van der Waals surface area contributed by atoms with E-state index >= 15 is 0 Å². The Morgan fingerprint density at radius 2 is 2.27 bits per heavy atom. The fraction of sp³-hybridized carbons (Fsp3) is 0.250. The molecule has 0 amide bonds. The predicted molar refractivity (Wildman–Crippen MR) is 61.7 cm³/mol. The quantitative estimate of drug-likeness (QED) is 0.826. The normalized spacial score (nSPS) is 10.3. The highest BCUT2D eigenvalue weighted by Crippen LogP contribution is 2.07. The maximum atomic E-state index is 4.21. The average molecular weight is 201 g/mol. The van der Waals surface area contributed by atoms with E-state index < -0.39 is 0 Å². The fourth-order valence-electron chi connectivity index (χ4n) is 1.54. The summed E-state index contributed by atoms with van der Waals surface area (Å²) in [4.78, 5) is 4.21. The SMILES string of the molecule is Cc1cccc(CNc2nccn2C)c1. The molecule has 0 radical (unpaired) electrons. The molecule has 3 heteroatoms. The number of aryl methyl sites for hydroxylation is 2. The molecular formula is C12H15N3. The van der Waals surface area contributed by atoms with Gasteiger partial charge in [-0.1, -0.05) is 29.8 Å². The standard InChI is InChI=1S/C12H15N3/c1-10-4-3-5-11(8-10)9-14-12-13-6-7-15(12)2/h3-8H,9H2,1-2H3,(H,13,14). The first-order valence-electron chi connectivity index (χ1n) is 5.02. The van der Waals surface area contributed by atoms with Crippen LogP contribution in [-0.2, 0) is 13.6 Å². The van der Waals surface area contributed by atoms with Crippen molar-refractivity contribution in [2.45, 2.75) is 13.5 Å². The lowest BCUT2D eigenvalue weighted by Crippen LogP contribution is -2.04. The lowest BCUT2D eigenvalue weighted by Gasteiger charge is -2.06. The molecule has 15 heavy (non-hydrogen) atoms. The van der Waals surface area contributed by atoms with Crippen LogP contribution in [0.2, 0.25) is 0 Å². The summed E-state index contributed by atoms with van der Waals surface area (Å²) in [6, 6.07) is 8.47. The summed E-state index contributed by atoms with van der Waals surface area (Å²) in [7, 11) is 1.98. The Labute approximate surface area is 89.8 Å². The Morgan fingerprint density at radius 3 is 2.93 bits per heavy atom. The molecule has 2 rings (SSSR count). The molecule has 0 saturated heterocycles. The van der Waals surface area contributed by atoms with Gasteiger partial charge in [0.1, 0.15) is 0 Å². The van der Waals surface area contributed by atoms with Gasteiger partial charge in [-0.25, -0.2) is 4.98 Å². The van der Waals surface area contributed by atoms with E-state index in [1.54, 1.807) is 6.20 Å². The molecule has 0 spiro atoms. The van der Waals surface area contributed by atoms with Crippen molar-refractivity contribution < 1.29 is 0 Å². The molecule has 0 saturated carbocycles. The van der Waals surface area contributed by atoms with Crippen LogP contribution in [0.15, 0.2) is 36.7 Å². The maximum Gasteiger partial charge on any atom is 0.202 e. The van der Waals surface area contributed by atoms with E-state index in [0.29, 0.717) is 0 Å². The molecule has 1 N–H and O–H groups in total. The molecule has 0 aliphatic carbocycles. The van der Waals surface area contributed by atoms with Crippen molar-refractivity contribution >= 4 is 5.95 Å². The van der Waals surface area contributed by atoms with Gasteiger partial charge >= 0.3 is 0 Å². The average Bonchev–Trinajstić information content (AvgIpc) is 2.61. The monoisotopic (exact) mass is 201 g/mol. The van der Waals surface area contributed by atoms with Crippen LogP contribution in [0.4, 0.5) is 5.95 Å². The van der Waals surface area contributed by atoms with Gasteiger partial charge in [-0.3, -0.25) is 0 Å². The minimum Gasteiger partial charge on any atom is -0.352 e. The van der Waals surface area contributed by atoms with Gasteiger partial charge in [0.25, 0.3) is 0 Å². The maximum absolute atomic E-state index is 4.21. The van der Waals surface area contributed by atoms with Gasteiger partial charge in [-0.2, -0.15) is 0 Å². The zero-order valence-corrected chi connectivity index (χ0v) is 9.07. The van der Waals surface area contributed by atoms with Crippen molar-refractivity contribution in [3.63, 3.8) is 0 Å². The van der Waals surface area contributed by atoms with E-state index in [-0.39, 0.29) is 0 Å². The molecule has 0 unspecified atom stereocenters. The second-order valence-corrected chi connectivity index (χ2v) is 3.70. The van der Waals surface area contributed by atoms with Gasteiger partial charge in [-0.05, 0) is 12.5 Å². The zero-order valence-electron chi connectivity index (χ0n) is 9.07. The summed E-state index contributed by atoms with van der Waals surface area (Å²) in [6.07, 6.45) is 3.72. The van der Waals surface area contributed by atoms with Crippen LogP contribution in [-0.4, -0.2) is 9.55 Å². The van der Waals surface area contributed by atoms with E-state index in [2.05, 4.69) is 41.5 Å². The first-order chi connectivity index (χ1) is 7.25. The van der Waals surface area contributed by atoms with Crippen molar-refractivity contribution in [3.8, 4) is 0 Å². The Morgan fingerprint density at radius 1 is 1.40 bits per heavy atom. The third-order valence-electron chi connectivity index (χ3n) is 2.35. The Kier molecular flexibility index (Phi) is 2.72. The van der Waals surface area contributed by atoms with E-state index in [1.807, 2.05) is 17.8 Å². The number of hydrogen-bond acceptors (Lipinski definition) is 2. The molecule has 0 aliphatic rings. The van der Waals surface area contributed by atoms with Crippen molar-refractivity contribution in [3.05, 3.63) is 47.8 Å². The number of aromatic nitrogens is 2. The highest BCUT2D eigenvalue weighted by Gasteiger charge is 1.98. The molecule has 1 aromatic heterocycles. The Hall–Kier alpha value is -1.77. The van der Waals surface area contributed by atoms with E-state index in [0.717, 1.165) is 12.5 Å². The summed E-state index contributed by atoms with van der Waals surface area (Å²) in [5.74, 6) is 0.900. The van der Waals surface area contributed by atoms with E-state index in [1.165, 1.54) is 11.1 Å². The third-order valence-corrected chi connectivity index (χ3v) is 2.35. The summed E-state index contributed by atoms with van der Waals surface area (Å²) in [5, 5.41) is 3.29. The molecule has 2 aromatic rings. The van der Waals surface area contributed by atoms with Crippen LogP contribution in [0.5, 0.6) is 0 Å². The predicted octanol–water partition coefficient (Wildman–Crippen LogP) is 2.34. The number of nitrogens with zero attached hydrogens (tertiary/aromatic N) is 2. The van der Waals surface area contributed by atoms with Crippen LogP contribution in [0.25, 0.3) is 0 Å². The number of hydrogen-bond donors (Lipinski definition) is 1. The topological polar surface area (TPSA) is 29.9 Å². The van der Waals surface area contributed by atoms with Crippen LogP contribution in [0, 0.1) is 6.92 Å². The number of nitrogens with one attached hydrogen (secondary N) is 1. The van der Waals surface area contributed by atoms with E-state index in [9.17, 15) is 0 Å². The van der Waals surface area contributed by atoms with Crippen LogP contribution in [0.3, 0.4) is 0 Å². The Bertz CT molecular complexity index is 446. The highest BCUT2D eigenvalue weighted by atomic mass is 15.2. The molecule has 3 nitrogen and oxygen atoms in total. The number of anilines is 1. The van der Waals surface area contributed by atoms with Gasteiger partial charge in [0.2, 0.25) is 5.95 Å². The molecule has 1 aromatic carbocycles. The number of imidazole rings is 1. The van der Waals surface area contributed by atoms with Crippen molar-refractivity contribution in [1.82, 2.24) is 9.55 Å². The molecular weight excluding hydrogens is 186 g/mol. The lowest BCUT2D eigenvalue weighted by molar-refractivity contribution is 0.900. The number of rotatable bonds is 3. The second-order valence-electron chi connectivity index (χ2n) is 3.70. The lowest BCUT2D eigenvalue weighted by atomic mass is 10.1. The molecule has 0 fully saturated rings. The minimum absolute atomic E-state index is 0.812. The second kappa shape index (κ2) is 4.17. The summed E-state index contributed by atoms with van der Waals surface area (Å²) < 4.78 is 1.97. The van der Waals surface area contributed by atoms with Gasteiger partial charge in [0.05, 0.1) is 0 Å². The van der Waals surface area contributed by atoms with Gasteiger partial charge in [0, 0.05) is 26.0 Å². The Balaban J connectivity index is 2.02. The van der Waals surface area contributed by atoms with Gasteiger partial charge < -0.3 is 9.88 Å². The summed E-state index contributed by atoms with van der Waals surface area (Å²) >= 11 is 0. The summed E-state index contributed by atoms with van der Waals surface area (Å²) in [6.45, 7) is 2.91. The molecule has 0 atom stereocenters. The van der Waals surface area contributed by atoms with Crippen molar-refractivity contribution in [2.75, 3.05) is 5.32 Å². The van der Waals surface area contributed by atoms with Crippen molar-refractivity contribution in [2.24, 2.45) is 7.05 Å². The zero-order chi connectivity index (χ0) is 10.7. The number of benzene rings is 1. The van der Waals surface area contributed by atoms with Gasteiger partial charge in [-0.15, -0.1) is 0 Å². The minimum atomic E-state index is 0.812. The van der Waals surface area contributed by atoms with Crippen molar-refractivity contribution in [1.29, 1.82) is 0 Å². The first kappa shape index (κ1) is 9.77. The van der Waals surface area contributed by atoms with Crippen LogP contribution < -0.4 is 5.32 Å². The van der Waals surface area contributed by atoms with Gasteiger partial charge in [0.15, 0.2) is 0 Å². The van der Waals surface area contributed by atoms with E-state index in [4.69, 9.17) is 0 Å². The molecule has 78 valence electrons.